The van der Waals surface area contributed by atoms with Crippen molar-refractivity contribution >= 4 is 0 Å². The Kier molecular flexibility index (Phi) is 5.38. The molecule has 0 bridgehead atoms. The molecule has 1 aliphatic carbocycles. The average Bonchev–Trinajstić information content (AvgIpc) is 2.85. The smallest absolute Gasteiger partial charge is 0.0843 e. The largest absolute Gasteiger partial charge is 0.312 e. The van der Waals surface area contributed by atoms with Gasteiger partial charge < -0.3 is 10.2 Å². The Morgan fingerprint density at radius 3 is 2.57 bits per heavy atom. The molecular formula is C16H31N5. The van der Waals surface area contributed by atoms with Crippen LogP contribution in [0.2, 0.25) is 0 Å². The molecule has 0 aliphatic heterocycles. The molecule has 21 heavy (non-hydrogen) atoms. The number of aromatic nitrogens is 3. The van der Waals surface area contributed by atoms with E-state index in [4.69, 9.17) is 0 Å². The molecule has 1 unspecified atom stereocenters. The molecule has 120 valence electrons. The van der Waals surface area contributed by atoms with E-state index in [1.54, 1.807) is 4.68 Å². The lowest BCUT2D eigenvalue weighted by Gasteiger charge is -2.50. The number of nitrogens with zero attached hydrogens (tertiary/aromatic N) is 4. The van der Waals surface area contributed by atoms with E-state index in [0.29, 0.717) is 6.04 Å². The third-order valence-electron chi connectivity index (χ3n) is 5.19. The van der Waals surface area contributed by atoms with Crippen molar-refractivity contribution in [2.45, 2.75) is 57.5 Å². The van der Waals surface area contributed by atoms with Crippen LogP contribution in [0.1, 0.15) is 45.2 Å². The lowest BCUT2D eigenvalue weighted by atomic mass is 9.71. The first kappa shape index (κ1) is 16.4. The molecular weight excluding hydrogens is 262 g/mol. The predicted octanol–water partition coefficient (Wildman–Crippen LogP) is 1.85. The fourth-order valence-electron chi connectivity index (χ4n) is 3.77. The van der Waals surface area contributed by atoms with Crippen LogP contribution >= 0.6 is 0 Å². The van der Waals surface area contributed by atoms with E-state index in [9.17, 15) is 0 Å². The Hall–Kier alpha value is -0.940. The van der Waals surface area contributed by atoms with Gasteiger partial charge >= 0.3 is 0 Å². The quantitative estimate of drug-likeness (QED) is 0.869. The number of hydrogen-bond donors (Lipinski definition) is 1. The number of likely N-dealkylation sites (N-methyl/N-ethyl adjacent to an activating group) is 2. The van der Waals surface area contributed by atoms with Crippen LogP contribution in [0.15, 0.2) is 6.20 Å². The van der Waals surface area contributed by atoms with Crippen molar-refractivity contribution in [3.05, 3.63) is 11.9 Å². The van der Waals surface area contributed by atoms with Crippen LogP contribution in [-0.4, -0.2) is 52.1 Å². The van der Waals surface area contributed by atoms with Crippen molar-refractivity contribution in [2.75, 3.05) is 20.6 Å². The van der Waals surface area contributed by atoms with Crippen LogP contribution in [0.25, 0.3) is 0 Å². The summed E-state index contributed by atoms with van der Waals surface area (Å²) in [5.41, 5.74) is 1.32. The summed E-state index contributed by atoms with van der Waals surface area (Å²) < 4.78 is 1.80. The van der Waals surface area contributed by atoms with E-state index >= 15 is 0 Å². The molecule has 1 aliphatic rings. The summed E-state index contributed by atoms with van der Waals surface area (Å²) in [5, 5.41) is 12.1. The number of hydrogen-bond acceptors (Lipinski definition) is 4. The van der Waals surface area contributed by atoms with Gasteiger partial charge in [0.2, 0.25) is 0 Å². The summed E-state index contributed by atoms with van der Waals surface area (Å²) in [6.45, 7) is 5.57. The minimum Gasteiger partial charge on any atom is -0.312 e. The van der Waals surface area contributed by atoms with Gasteiger partial charge in [-0.2, -0.15) is 0 Å². The molecule has 1 atom stereocenters. The van der Waals surface area contributed by atoms with Crippen LogP contribution < -0.4 is 5.32 Å². The average molecular weight is 293 g/mol. The molecule has 1 aromatic rings. The molecule has 1 fully saturated rings. The first-order valence-corrected chi connectivity index (χ1v) is 8.24. The third kappa shape index (κ3) is 3.64. The van der Waals surface area contributed by atoms with Crippen molar-refractivity contribution < 1.29 is 0 Å². The molecule has 1 saturated carbocycles. The minimum atomic E-state index is 0.236. The Morgan fingerprint density at radius 2 is 2.10 bits per heavy atom. The monoisotopic (exact) mass is 293 g/mol. The summed E-state index contributed by atoms with van der Waals surface area (Å²) in [4.78, 5) is 2.45. The van der Waals surface area contributed by atoms with Gasteiger partial charge in [-0.3, -0.25) is 4.68 Å². The summed E-state index contributed by atoms with van der Waals surface area (Å²) in [5.74, 6) is 0.858. The lowest BCUT2D eigenvalue weighted by molar-refractivity contribution is 0.0437. The highest BCUT2D eigenvalue weighted by Gasteiger charge is 2.42. The molecule has 1 N–H and O–H groups in total. The summed E-state index contributed by atoms with van der Waals surface area (Å²) in [6.07, 6.45) is 8.16. The van der Waals surface area contributed by atoms with Gasteiger partial charge in [0, 0.05) is 31.2 Å². The van der Waals surface area contributed by atoms with Crippen molar-refractivity contribution in [1.82, 2.24) is 25.2 Å². The Balaban J connectivity index is 2.20. The molecule has 5 nitrogen and oxygen atoms in total. The van der Waals surface area contributed by atoms with E-state index in [1.165, 1.54) is 25.7 Å². The SMILES string of the molecule is CCNC(Cc1cn(C)nn1)C1(N(C)C)CCC(C)CC1. The molecule has 2 rings (SSSR count). The van der Waals surface area contributed by atoms with Crippen LogP contribution in [0.5, 0.6) is 0 Å². The molecule has 5 heteroatoms. The highest BCUT2D eigenvalue weighted by atomic mass is 15.4. The molecule has 1 heterocycles. The lowest BCUT2D eigenvalue weighted by Crippen LogP contribution is -2.61. The first-order valence-electron chi connectivity index (χ1n) is 8.24. The molecule has 0 saturated heterocycles. The number of nitrogens with one attached hydrogen (secondary N) is 1. The van der Waals surface area contributed by atoms with E-state index in [-0.39, 0.29) is 5.54 Å². The van der Waals surface area contributed by atoms with Gasteiger partial charge in [0.15, 0.2) is 0 Å². The van der Waals surface area contributed by atoms with Gasteiger partial charge in [-0.25, -0.2) is 0 Å². The summed E-state index contributed by atoms with van der Waals surface area (Å²) >= 11 is 0. The summed E-state index contributed by atoms with van der Waals surface area (Å²) in [6, 6.07) is 0.432. The maximum atomic E-state index is 4.29. The molecule has 0 amide bonds. The van der Waals surface area contributed by atoms with E-state index < -0.39 is 0 Å². The fraction of sp³-hybridized carbons (Fsp3) is 0.875. The minimum absolute atomic E-state index is 0.236. The van der Waals surface area contributed by atoms with Crippen molar-refractivity contribution in [1.29, 1.82) is 0 Å². The molecule has 0 spiro atoms. The fourth-order valence-corrected chi connectivity index (χ4v) is 3.77. The highest BCUT2D eigenvalue weighted by Crippen LogP contribution is 2.38. The van der Waals surface area contributed by atoms with E-state index in [0.717, 1.165) is 24.6 Å². The second-order valence-corrected chi connectivity index (χ2v) is 6.88. The maximum absolute atomic E-state index is 4.29. The number of aryl methyl sites for hydroxylation is 1. The Bertz CT molecular complexity index is 432. The van der Waals surface area contributed by atoms with Crippen molar-refractivity contribution in [3.63, 3.8) is 0 Å². The van der Waals surface area contributed by atoms with Gasteiger partial charge in [-0.05, 0) is 52.2 Å². The van der Waals surface area contributed by atoms with Crippen molar-refractivity contribution in [3.8, 4) is 0 Å². The topological polar surface area (TPSA) is 46.0 Å². The van der Waals surface area contributed by atoms with E-state index in [2.05, 4.69) is 48.5 Å². The van der Waals surface area contributed by atoms with Crippen LogP contribution in [0.3, 0.4) is 0 Å². The molecule has 1 aromatic heterocycles. The van der Waals surface area contributed by atoms with Crippen LogP contribution in [-0.2, 0) is 13.5 Å². The highest BCUT2D eigenvalue weighted by molar-refractivity contribution is 5.07. The summed E-state index contributed by atoms with van der Waals surface area (Å²) in [7, 11) is 6.40. The zero-order valence-electron chi connectivity index (χ0n) is 14.3. The van der Waals surface area contributed by atoms with Crippen molar-refractivity contribution in [2.24, 2.45) is 13.0 Å². The van der Waals surface area contributed by atoms with E-state index in [1.807, 2.05) is 13.2 Å². The van der Waals surface area contributed by atoms with Gasteiger partial charge in [-0.1, -0.05) is 19.1 Å². The Labute approximate surface area is 129 Å². The molecule has 0 aromatic carbocycles. The zero-order chi connectivity index (χ0) is 15.5. The molecule has 0 radical (unpaired) electrons. The predicted molar refractivity (Wildman–Crippen MR) is 86.2 cm³/mol. The van der Waals surface area contributed by atoms with Crippen LogP contribution in [0, 0.1) is 5.92 Å². The zero-order valence-corrected chi connectivity index (χ0v) is 14.3. The van der Waals surface area contributed by atoms with Gasteiger partial charge in [-0.15, -0.1) is 5.10 Å². The van der Waals surface area contributed by atoms with Gasteiger partial charge in [0.1, 0.15) is 0 Å². The maximum Gasteiger partial charge on any atom is 0.0843 e. The Morgan fingerprint density at radius 1 is 1.43 bits per heavy atom. The first-order chi connectivity index (χ1) is 9.98. The normalized spacial score (nSPS) is 28.0. The van der Waals surface area contributed by atoms with Gasteiger partial charge in [0.25, 0.3) is 0 Å². The number of rotatable bonds is 6. The second-order valence-electron chi connectivity index (χ2n) is 6.88. The second kappa shape index (κ2) is 6.88. The van der Waals surface area contributed by atoms with Crippen LogP contribution in [0.4, 0.5) is 0 Å². The standard InChI is InChI=1S/C16H31N5/c1-6-17-15(11-14-12-21(5)19-18-14)16(20(3)4)9-7-13(2)8-10-16/h12-13,15,17H,6-11H2,1-5H3. The van der Waals surface area contributed by atoms with Gasteiger partial charge in [0.05, 0.1) is 5.69 Å². The third-order valence-corrected chi connectivity index (χ3v) is 5.19.